The molecule has 0 saturated heterocycles. The van der Waals surface area contributed by atoms with E-state index < -0.39 is 24.8 Å². The molecule has 106 valence electrons. The van der Waals surface area contributed by atoms with Crippen LogP contribution in [-0.4, -0.2) is 36.9 Å². The Morgan fingerprint density at radius 3 is 2.42 bits per heavy atom. The van der Waals surface area contributed by atoms with Crippen molar-refractivity contribution in [2.45, 2.75) is 18.6 Å². The number of aromatic hydroxyl groups is 1. The molecule has 0 aliphatic heterocycles. The van der Waals surface area contributed by atoms with Gasteiger partial charge in [-0.3, -0.25) is 4.79 Å². The summed E-state index contributed by atoms with van der Waals surface area (Å²) in [6.07, 6.45) is -4.36. The number of ether oxygens (including phenoxy) is 1. The zero-order chi connectivity index (χ0) is 14.5. The number of nitrogens with one attached hydrogen (secondary N) is 1. The number of hydrogen-bond donors (Lipinski definition) is 2. The number of phenolic OH excluding ortho intramolecular Hbond substituents is 1. The maximum Gasteiger partial charge on any atom is 0.422 e. The second kappa shape index (κ2) is 6.42. The normalized spacial score (nSPS) is 13.1. The van der Waals surface area contributed by atoms with Crippen LogP contribution in [0.5, 0.6) is 5.75 Å². The van der Waals surface area contributed by atoms with Crippen LogP contribution in [0.25, 0.3) is 0 Å². The van der Waals surface area contributed by atoms with Crippen molar-refractivity contribution in [3.8, 4) is 5.75 Å². The predicted octanol–water partition coefficient (Wildman–Crippen LogP) is 1.63. The van der Waals surface area contributed by atoms with E-state index >= 15 is 0 Å². The fourth-order valence-corrected chi connectivity index (χ4v) is 1.42. The molecule has 1 rings (SSSR count). The first kappa shape index (κ1) is 15.3. The first-order valence-corrected chi connectivity index (χ1v) is 5.50. The van der Waals surface area contributed by atoms with Gasteiger partial charge in [0.05, 0.1) is 0 Å². The molecule has 0 unspecified atom stereocenters. The highest BCUT2D eigenvalue weighted by molar-refractivity contribution is 5.76. The number of likely N-dealkylation sites (N-methyl/N-ethyl adjacent to an activating group) is 1. The van der Waals surface area contributed by atoms with Crippen LogP contribution >= 0.6 is 0 Å². The average molecular weight is 277 g/mol. The lowest BCUT2D eigenvalue weighted by atomic mass is 10.1. The Morgan fingerprint density at radius 2 is 1.95 bits per heavy atom. The largest absolute Gasteiger partial charge is 0.508 e. The highest BCUT2D eigenvalue weighted by Gasteiger charge is 2.31. The van der Waals surface area contributed by atoms with E-state index in [9.17, 15) is 18.0 Å². The van der Waals surface area contributed by atoms with Crippen molar-refractivity contribution in [1.29, 1.82) is 0 Å². The van der Waals surface area contributed by atoms with Crippen molar-refractivity contribution in [2.75, 3.05) is 13.7 Å². The summed E-state index contributed by atoms with van der Waals surface area (Å²) in [6.45, 7) is -1.60. The molecule has 0 radical (unpaired) electrons. The minimum atomic E-state index is -4.54. The Morgan fingerprint density at radius 1 is 1.37 bits per heavy atom. The third-order valence-electron chi connectivity index (χ3n) is 2.39. The van der Waals surface area contributed by atoms with E-state index in [1.807, 2.05) is 0 Å². The molecule has 0 heterocycles. The molecule has 0 amide bonds. The lowest BCUT2D eigenvalue weighted by Gasteiger charge is -2.16. The fourth-order valence-electron chi connectivity index (χ4n) is 1.42. The first-order chi connectivity index (χ1) is 8.81. The summed E-state index contributed by atoms with van der Waals surface area (Å²) < 4.78 is 40.0. The number of halogens is 3. The number of esters is 1. The maximum absolute atomic E-state index is 11.9. The van der Waals surface area contributed by atoms with Gasteiger partial charge in [-0.2, -0.15) is 13.2 Å². The third kappa shape index (κ3) is 5.60. The standard InChI is InChI=1S/C12H14F3NO3/c1-16-10(11(18)19-7-12(13,14)15)6-8-2-4-9(17)5-3-8/h2-5,10,16-17H,6-7H2,1H3/t10-/m0/s1. The SMILES string of the molecule is CN[C@@H](Cc1ccc(O)cc1)C(=O)OCC(F)(F)F. The molecule has 0 spiro atoms. The Balaban J connectivity index is 2.57. The summed E-state index contributed by atoms with van der Waals surface area (Å²) in [6, 6.07) is 5.16. The van der Waals surface area contributed by atoms with Gasteiger partial charge in [0, 0.05) is 0 Å². The van der Waals surface area contributed by atoms with Gasteiger partial charge in [0.1, 0.15) is 11.8 Å². The zero-order valence-electron chi connectivity index (χ0n) is 10.2. The van der Waals surface area contributed by atoms with E-state index in [1.165, 1.54) is 19.2 Å². The van der Waals surface area contributed by atoms with E-state index in [0.717, 1.165) is 0 Å². The molecule has 0 fully saturated rings. The average Bonchev–Trinajstić information content (AvgIpc) is 2.34. The van der Waals surface area contributed by atoms with Crippen molar-refractivity contribution in [1.82, 2.24) is 5.32 Å². The molecule has 2 N–H and O–H groups in total. The maximum atomic E-state index is 11.9. The number of benzene rings is 1. The number of carbonyl (C=O) groups is 1. The molecule has 0 bridgehead atoms. The monoisotopic (exact) mass is 277 g/mol. The lowest BCUT2D eigenvalue weighted by molar-refractivity contribution is -0.187. The molecule has 1 aromatic rings. The Kier molecular flexibility index (Phi) is 5.17. The Hall–Kier alpha value is -1.76. The van der Waals surface area contributed by atoms with Crippen LogP contribution in [0, 0.1) is 0 Å². The van der Waals surface area contributed by atoms with Crippen LogP contribution < -0.4 is 5.32 Å². The molecule has 1 aromatic carbocycles. The van der Waals surface area contributed by atoms with Gasteiger partial charge in [-0.15, -0.1) is 0 Å². The summed E-state index contributed by atoms with van der Waals surface area (Å²) >= 11 is 0. The van der Waals surface area contributed by atoms with E-state index in [-0.39, 0.29) is 12.2 Å². The van der Waals surface area contributed by atoms with Gasteiger partial charge in [0.25, 0.3) is 0 Å². The molecular weight excluding hydrogens is 263 g/mol. The fraction of sp³-hybridized carbons (Fsp3) is 0.417. The summed E-state index contributed by atoms with van der Waals surface area (Å²) in [5.41, 5.74) is 0.695. The van der Waals surface area contributed by atoms with Crippen LogP contribution in [0.1, 0.15) is 5.56 Å². The van der Waals surface area contributed by atoms with Gasteiger partial charge < -0.3 is 15.2 Å². The number of carbonyl (C=O) groups excluding carboxylic acids is 1. The van der Waals surface area contributed by atoms with Crippen molar-refractivity contribution >= 4 is 5.97 Å². The molecule has 1 atom stereocenters. The van der Waals surface area contributed by atoms with E-state index in [2.05, 4.69) is 10.1 Å². The van der Waals surface area contributed by atoms with Crippen molar-refractivity contribution in [3.05, 3.63) is 29.8 Å². The van der Waals surface area contributed by atoms with Gasteiger partial charge in [0.2, 0.25) is 0 Å². The smallest absolute Gasteiger partial charge is 0.422 e. The zero-order valence-corrected chi connectivity index (χ0v) is 10.2. The summed E-state index contributed by atoms with van der Waals surface area (Å²) in [5.74, 6) is -0.891. The van der Waals surface area contributed by atoms with Gasteiger partial charge in [0.15, 0.2) is 6.61 Å². The van der Waals surface area contributed by atoms with Crippen LogP contribution in [0.15, 0.2) is 24.3 Å². The van der Waals surface area contributed by atoms with Gasteiger partial charge in [-0.05, 0) is 31.2 Å². The molecule has 0 saturated carbocycles. The summed E-state index contributed by atoms with van der Waals surface area (Å²) in [5, 5.41) is 11.7. The molecule has 7 heteroatoms. The van der Waals surface area contributed by atoms with Crippen LogP contribution in [-0.2, 0) is 16.0 Å². The molecular formula is C12H14F3NO3. The van der Waals surface area contributed by atoms with E-state index in [0.29, 0.717) is 5.56 Å². The number of alkyl halides is 3. The van der Waals surface area contributed by atoms with Crippen molar-refractivity contribution in [3.63, 3.8) is 0 Å². The predicted molar refractivity (Wildman–Crippen MR) is 61.7 cm³/mol. The molecule has 4 nitrogen and oxygen atoms in total. The highest BCUT2D eigenvalue weighted by atomic mass is 19.4. The second-order valence-corrected chi connectivity index (χ2v) is 3.93. The minimum Gasteiger partial charge on any atom is -0.508 e. The van der Waals surface area contributed by atoms with Crippen molar-refractivity contribution in [2.24, 2.45) is 0 Å². The van der Waals surface area contributed by atoms with Gasteiger partial charge >= 0.3 is 12.1 Å². The van der Waals surface area contributed by atoms with E-state index in [4.69, 9.17) is 5.11 Å². The lowest BCUT2D eigenvalue weighted by Crippen LogP contribution is -2.39. The third-order valence-corrected chi connectivity index (χ3v) is 2.39. The number of phenols is 1. The Labute approximate surface area is 108 Å². The van der Waals surface area contributed by atoms with Crippen LogP contribution in [0.2, 0.25) is 0 Å². The topological polar surface area (TPSA) is 58.6 Å². The van der Waals surface area contributed by atoms with Crippen LogP contribution in [0.4, 0.5) is 13.2 Å². The second-order valence-electron chi connectivity index (χ2n) is 3.93. The molecule has 0 aliphatic carbocycles. The summed E-state index contributed by atoms with van der Waals surface area (Å²) in [4.78, 5) is 11.5. The minimum absolute atomic E-state index is 0.0735. The number of hydrogen-bond acceptors (Lipinski definition) is 4. The quantitative estimate of drug-likeness (QED) is 0.803. The summed E-state index contributed by atoms with van der Waals surface area (Å²) in [7, 11) is 1.46. The molecule has 0 aliphatic rings. The molecule has 0 aromatic heterocycles. The van der Waals surface area contributed by atoms with Crippen LogP contribution in [0.3, 0.4) is 0 Å². The van der Waals surface area contributed by atoms with Gasteiger partial charge in [-0.25, -0.2) is 0 Å². The first-order valence-electron chi connectivity index (χ1n) is 5.50. The van der Waals surface area contributed by atoms with Crippen molar-refractivity contribution < 1.29 is 27.8 Å². The molecule has 19 heavy (non-hydrogen) atoms. The van der Waals surface area contributed by atoms with Gasteiger partial charge in [-0.1, -0.05) is 12.1 Å². The Bertz CT molecular complexity index is 417. The highest BCUT2D eigenvalue weighted by Crippen LogP contribution is 2.16. The number of rotatable bonds is 5. The van der Waals surface area contributed by atoms with E-state index in [1.54, 1.807) is 12.1 Å².